The van der Waals surface area contributed by atoms with Gasteiger partial charge >= 0.3 is 5.97 Å². The number of carboxylic acid groups (broad SMARTS) is 1. The molecule has 1 saturated heterocycles. The molecule has 7 nitrogen and oxygen atoms in total. The van der Waals surface area contributed by atoms with Crippen molar-refractivity contribution < 1.29 is 23.1 Å². The number of nitrogens with one attached hydrogen (secondary N) is 1. The molecule has 24 heavy (non-hydrogen) atoms. The van der Waals surface area contributed by atoms with Crippen LogP contribution < -0.4 is 9.62 Å². The van der Waals surface area contributed by atoms with E-state index in [0.717, 1.165) is 6.42 Å². The topological polar surface area (TPSA) is 104 Å². The van der Waals surface area contributed by atoms with Crippen LogP contribution in [0.5, 0.6) is 0 Å². The Balaban J connectivity index is 2.15. The van der Waals surface area contributed by atoms with Gasteiger partial charge in [-0.25, -0.2) is 13.2 Å². The zero-order valence-electron chi connectivity index (χ0n) is 13.6. The minimum Gasteiger partial charge on any atom is -0.480 e. The first-order chi connectivity index (χ1) is 11.3. The molecule has 1 aromatic rings. The molecule has 8 heteroatoms. The van der Waals surface area contributed by atoms with Gasteiger partial charge in [0.05, 0.1) is 11.4 Å². The molecule has 0 aliphatic carbocycles. The summed E-state index contributed by atoms with van der Waals surface area (Å²) in [5, 5.41) is 11.7. The van der Waals surface area contributed by atoms with E-state index in [4.69, 9.17) is 0 Å². The van der Waals surface area contributed by atoms with Gasteiger partial charge in [0.15, 0.2) is 0 Å². The molecule has 1 fully saturated rings. The fraction of sp³-hybridized carbons (Fsp3) is 0.500. The molecule has 1 unspecified atom stereocenters. The van der Waals surface area contributed by atoms with Crippen LogP contribution in [0.1, 0.15) is 43.0 Å². The number of nitrogens with zero attached hydrogens (tertiary/aromatic N) is 1. The minimum absolute atomic E-state index is 0.0987. The van der Waals surface area contributed by atoms with Crippen LogP contribution in [0.4, 0.5) is 5.69 Å². The molecular formula is C16H22N2O5S. The van der Waals surface area contributed by atoms with Crippen LogP contribution in [0, 0.1) is 0 Å². The van der Waals surface area contributed by atoms with Gasteiger partial charge in [-0.3, -0.25) is 9.10 Å². The van der Waals surface area contributed by atoms with Crippen molar-refractivity contribution >= 4 is 27.6 Å². The van der Waals surface area contributed by atoms with Crippen molar-refractivity contribution in [3.8, 4) is 0 Å². The third-order valence-electron chi connectivity index (χ3n) is 3.95. The minimum atomic E-state index is -3.32. The average molecular weight is 354 g/mol. The van der Waals surface area contributed by atoms with Gasteiger partial charge in [-0.05, 0) is 31.0 Å². The monoisotopic (exact) mass is 354 g/mol. The van der Waals surface area contributed by atoms with Crippen LogP contribution in [-0.4, -0.2) is 43.7 Å². The predicted molar refractivity (Wildman–Crippen MR) is 90.6 cm³/mol. The quantitative estimate of drug-likeness (QED) is 0.774. The zero-order valence-corrected chi connectivity index (χ0v) is 14.4. The maximum absolute atomic E-state index is 12.3. The normalized spacial score (nSPS) is 17.5. The number of rotatable bonds is 7. The molecule has 1 aliphatic rings. The highest BCUT2D eigenvalue weighted by atomic mass is 32.2. The van der Waals surface area contributed by atoms with Gasteiger partial charge in [-0.15, -0.1) is 0 Å². The number of aliphatic carboxylic acids is 1. The molecule has 0 saturated carbocycles. The van der Waals surface area contributed by atoms with Crippen molar-refractivity contribution in [3.05, 3.63) is 29.8 Å². The lowest BCUT2D eigenvalue weighted by molar-refractivity contribution is -0.139. The van der Waals surface area contributed by atoms with E-state index in [1.165, 1.54) is 10.4 Å². The predicted octanol–water partition coefficient (Wildman–Crippen LogP) is 1.60. The van der Waals surface area contributed by atoms with E-state index in [9.17, 15) is 23.1 Å². The van der Waals surface area contributed by atoms with Crippen molar-refractivity contribution in [2.45, 2.75) is 38.6 Å². The Labute approximate surface area is 141 Å². The Hall–Kier alpha value is -2.09. The summed E-state index contributed by atoms with van der Waals surface area (Å²) in [6, 6.07) is 5.30. The van der Waals surface area contributed by atoms with Crippen LogP contribution in [-0.2, 0) is 14.8 Å². The summed E-state index contributed by atoms with van der Waals surface area (Å²) in [7, 11) is -3.32. The highest BCUT2D eigenvalue weighted by Crippen LogP contribution is 2.24. The molecule has 1 heterocycles. The number of hydrogen-bond donors (Lipinski definition) is 2. The van der Waals surface area contributed by atoms with E-state index in [1.807, 2.05) is 6.92 Å². The largest absolute Gasteiger partial charge is 0.480 e. The smallest absolute Gasteiger partial charge is 0.326 e. The van der Waals surface area contributed by atoms with Crippen LogP contribution in [0.3, 0.4) is 0 Å². The van der Waals surface area contributed by atoms with E-state index in [2.05, 4.69) is 5.32 Å². The molecule has 0 spiro atoms. The second-order valence-electron chi connectivity index (χ2n) is 5.80. The first-order valence-electron chi connectivity index (χ1n) is 7.99. The highest BCUT2D eigenvalue weighted by Gasteiger charge is 2.29. The van der Waals surface area contributed by atoms with Gasteiger partial charge in [0.2, 0.25) is 10.0 Å². The van der Waals surface area contributed by atoms with Crippen molar-refractivity contribution in [2.24, 2.45) is 0 Å². The summed E-state index contributed by atoms with van der Waals surface area (Å²) in [6.07, 6.45) is 2.44. The van der Waals surface area contributed by atoms with E-state index in [1.54, 1.807) is 18.2 Å². The van der Waals surface area contributed by atoms with Crippen LogP contribution in [0.25, 0.3) is 0 Å². The molecule has 0 radical (unpaired) electrons. The number of carbonyl (C=O) groups excluding carboxylic acids is 1. The maximum Gasteiger partial charge on any atom is 0.326 e. The summed E-state index contributed by atoms with van der Waals surface area (Å²) in [5.74, 6) is -1.49. The standard InChI is InChI=1S/C16H22N2O5S/c1-2-3-8-14(16(20)21)17-15(19)12-6-4-7-13(11-12)18-9-5-10-24(18,22)23/h4,6-7,11,14H,2-3,5,8-10H2,1H3,(H,17,19)(H,20,21). The third kappa shape index (κ3) is 4.25. The molecule has 132 valence electrons. The van der Waals surface area contributed by atoms with Gasteiger partial charge < -0.3 is 10.4 Å². The Morgan fingerprint density at radius 3 is 2.71 bits per heavy atom. The lowest BCUT2D eigenvalue weighted by Crippen LogP contribution is -2.40. The lowest BCUT2D eigenvalue weighted by Gasteiger charge is -2.18. The number of amides is 1. The molecule has 1 aliphatic heterocycles. The fourth-order valence-corrected chi connectivity index (χ4v) is 4.20. The third-order valence-corrected chi connectivity index (χ3v) is 5.81. The lowest BCUT2D eigenvalue weighted by atomic mass is 10.1. The summed E-state index contributed by atoms with van der Waals surface area (Å²) in [4.78, 5) is 23.5. The van der Waals surface area contributed by atoms with E-state index < -0.39 is 27.9 Å². The summed E-state index contributed by atoms with van der Waals surface area (Å²) < 4.78 is 25.2. The maximum atomic E-state index is 12.3. The van der Waals surface area contributed by atoms with E-state index in [0.29, 0.717) is 31.5 Å². The summed E-state index contributed by atoms with van der Waals surface area (Å²) in [6.45, 7) is 2.34. The second-order valence-corrected chi connectivity index (χ2v) is 7.81. The molecule has 1 atom stereocenters. The highest BCUT2D eigenvalue weighted by molar-refractivity contribution is 7.93. The van der Waals surface area contributed by atoms with Gasteiger partial charge in [0.1, 0.15) is 6.04 Å². The van der Waals surface area contributed by atoms with Gasteiger partial charge in [-0.1, -0.05) is 25.8 Å². The Morgan fingerprint density at radius 1 is 1.38 bits per heavy atom. The molecule has 2 rings (SSSR count). The molecule has 0 bridgehead atoms. The van der Waals surface area contributed by atoms with Crippen LogP contribution in [0.2, 0.25) is 0 Å². The molecule has 1 aromatic carbocycles. The van der Waals surface area contributed by atoms with Gasteiger partial charge in [0.25, 0.3) is 5.91 Å². The molecule has 0 aromatic heterocycles. The van der Waals surface area contributed by atoms with Gasteiger partial charge in [-0.2, -0.15) is 0 Å². The Bertz CT molecular complexity index is 717. The summed E-state index contributed by atoms with van der Waals surface area (Å²) >= 11 is 0. The van der Waals surface area contributed by atoms with E-state index >= 15 is 0 Å². The first kappa shape index (κ1) is 18.3. The number of unbranched alkanes of at least 4 members (excludes halogenated alkanes) is 1. The number of anilines is 1. The molecule has 2 N–H and O–H groups in total. The Morgan fingerprint density at radius 2 is 2.12 bits per heavy atom. The van der Waals surface area contributed by atoms with Crippen molar-refractivity contribution in [2.75, 3.05) is 16.6 Å². The van der Waals surface area contributed by atoms with Crippen LogP contribution >= 0.6 is 0 Å². The fourth-order valence-electron chi connectivity index (χ4n) is 2.64. The van der Waals surface area contributed by atoms with Crippen LogP contribution in [0.15, 0.2) is 24.3 Å². The molecular weight excluding hydrogens is 332 g/mol. The first-order valence-corrected chi connectivity index (χ1v) is 9.60. The number of benzene rings is 1. The Kier molecular flexibility index (Phi) is 5.82. The average Bonchev–Trinajstić information content (AvgIpc) is 2.90. The second kappa shape index (κ2) is 7.65. The number of sulfonamides is 1. The van der Waals surface area contributed by atoms with Crippen molar-refractivity contribution in [1.82, 2.24) is 5.32 Å². The van der Waals surface area contributed by atoms with Crippen molar-refractivity contribution in [3.63, 3.8) is 0 Å². The van der Waals surface area contributed by atoms with E-state index in [-0.39, 0.29) is 11.3 Å². The number of carbonyl (C=O) groups is 2. The number of carboxylic acids is 1. The summed E-state index contributed by atoms with van der Waals surface area (Å²) in [5.41, 5.74) is 0.679. The SMILES string of the molecule is CCCCC(NC(=O)c1cccc(N2CCCS2(=O)=O)c1)C(=O)O. The number of hydrogen-bond acceptors (Lipinski definition) is 4. The van der Waals surface area contributed by atoms with Crippen molar-refractivity contribution in [1.29, 1.82) is 0 Å². The zero-order chi connectivity index (χ0) is 17.7. The van der Waals surface area contributed by atoms with Gasteiger partial charge in [0, 0.05) is 12.1 Å². The molecule has 1 amide bonds.